The van der Waals surface area contributed by atoms with E-state index in [1.807, 2.05) is 4.90 Å². The van der Waals surface area contributed by atoms with Crippen molar-refractivity contribution in [1.29, 1.82) is 0 Å². The summed E-state index contributed by atoms with van der Waals surface area (Å²) >= 11 is 7.35. The van der Waals surface area contributed by atoms with Gasteiger partial charge < -0.3 is 4.90 Å². The minimum absolute atomic E-state index is 0.202. The molecular formula is C13H19ClN4OS. The number of aromatic nitrogens is 2. The van der Waals surface area contributed by atoms with Crippen LogP contribution in [0, 0.1) is 0 Å². The lowest BCUT2D eigenvalue weighted by Gasteiger charge is -2.34. The minimum atomic E-state index is 0.202. The summed E-state index contributed by atoms with van der Waals surface area (Å²) < 4.78 is 4.58. The zero-order valence-electron chi connectivity index (χ0n) is 11.6. The van der Waals surface area contributed by atoms with Crippen LogP contribution in [0.5, 0.6) is 0 Å². The van der Waals surface area contributed by atoms with Crippen LogP contribution in [-0.4, -0.2) is 50.5 Å². The van der Waals surface area contributed by atoms with Crippen molar-refractivity contribution in [2.45, 2.75) is 51.2 Å². The van der Waals surface area contributed by atoms with Gasteiger partial charge in [0.1, 0.15) is 10.0 Å². The van der Waals surface area contributed by atoms with Crippen molar-refractivity contribution in [2.75, 3.05) is 13.1 Å². The summed E-state index contributed by atoms with van der Waals surface area (Å²) in [5.74, 6) is 0.202. The molecule has 7 heteroatoms. The van der Waals surface area contributed by atoms with Crippen LogP contribution in [0.3, 0.4) is 0 Å². The van der Waals surface area contributed by atoms with Crippen molar-refractivity contribution >= 4 is 29.0 Å². The monoisotopic (exact) mass is 314 g/mol. The molecule has 20 heavy (non-hydrogen) atoms. The average molecular weight is 315 g/mol. The topological polar surface area (TPSA) is 49.3 Å². The fourth-order valence-corrected chi connectivity index (χ4v) is 4.16. The summed E-state index contributed by atoms with van der Waals surface area (Å²) in [6.45, 7) is 4.39. The molecule has 2 saturated heterocycles. The first-order valence-electron chi connectivity index (χ1n) is 7.15. The molecule has 0 aliphatic carbocycles. The van der Waals surface area contributed by atoms with Gasteiger partial charge in [0.05, 0.1) is 0 Å². The second-order valence-corrected chi connectivity index (χ2v) is 6.95. The van der Waals surface area contributed by atoms with E-state index in [0.717, 1.165) is 44.6 Å². The molecular weight excluding hydrogens is 296 g/mol. The van der Waals surface area contributed by atoms with Gasteiger partial charge in [0.25, 0.3) is 0 Å². The van der Waals surface area contributed by atoms with E-state index < -0.39 is 0 Å². The Morgan fingerprint density at radius 1 is 1.35 bits per heavy atom. The van der Waals surface area contributed by atoms with Crippen molar-refractivity contribution in [3.8, 4) is 0 Å². The Labute approximate surface area is 128 Å². The molecule has 0 radical (unpaired) electrons. The van der Waals surface area contributed by atoms with Crippen LogP contribution in [-0.2, 0) is 11.3 Å². The molecule has 0 saturated carbocycles. The van der Waals surface area contributed by atoms with Gasteiger partial charge in [-0.25, -0.2) is 0 Å². The first-order chi connectivity index (χ1) is 9.66. The van der Waals surface area contributed by atoms with Gasteiger partial charge in [-0.05, 0) is 32.2 Å². The number of rotatable bonds is 3. The molecule has 2 aliphatic heterocycles. The number of hydrogen-bond acceptors (Lipinski definition) is 5. The van der Waals surface area contributed by atoms with E-state index in [9.17, 15) is 4.79 Å². The van der Waals surface area contributed by atoms with Gasteiger partial charge in [-0.2, -0.15) is 0 Å². The summed E-state index contributed by atoms with van der Waals surface area (Å²) in [4.78, 5) is 16.2. The van der Waals surface area contributed by atoms with E-state index in [-0.39, 0.29) is 5.91 Å². The number of likely N-dealkylation sites (tertiary alicyclic amines) is 2. The number of carbonyl (C=O) groups is 1. The van der Waals surface area contributed by atoms with E-state index in [2.05, 4.69) is 14.5 Å². The Morgan fingerprint density at radius 3 is 2.80 bits per heavy atom. The molecule has 5 nitrogen and oxygen atoms in total. The van der Waals surface area contributed by atoms with Gasteiger partial charge >= 0.3 is 0 Å². The molecule has 2 aliphatic rings. The Hall–Kier alpha value is -0.720. The number of nitrogens with zero attached hydrogens (tertiary/aromatic N) is 4. The van der Waals surface area contributed by atoms with Crippen LogP contribution >= 0.6 is 23.1 Å². The third kappa shape index (κ3) is 2.69. The molecule has 1 amide bonds. The highest BCUT2D eigenvalue weighted by atomic mass is 35.5. The Morgan fingerprint density at radius 2 is 2.10 bits per heavy atom. The number of hydrogen-bond donors (Lipinski definition) is 0. The van der Waals surface area contributed by atoms with Crippen LogP contribution in [0.25, 0.3) is 0 Å². The fraction of sp³-hybridized carbons (Fsp3) is 0.769. The Bertz CT molecular complexity index is 494. The van der Waals surface area contributed by atoms with Gasteiger partial charge in [0.15, 0.2) is 0 Å². The van der Waals surface area contributed by atoms with E-state index in [0.29, 0.717) is 16.4 Å². The maximum absolute atomic E-state index is 11.8. The quantitative estimate of drug-likeness (QED) is 0.858. The number of halogens is 1. The normalized spacial score (nSPS) is 27.4. The average Bonchev–Trinajstić information content (AvgIpc) is 3.11. The molecule has 2 fully saturated rings. The third-order valence-corrected chi connectivity index (χ3v) is 5.41. The lowest BCUT2D eigenvalue weighted by Crippen LogP contribution is -2.47. The zero-order valence-corrected chi connectivity index (χ0v) is 13.2. The van der Waals surface area contributed by atoms with E-state index in [4.69, 9.17) is 11.6 Å². The lowest BCUT2D eigenvalue weighted by atomic mass is 10.0. The van der Waals surface area contributed by atoms with Gasteiger partial charge in [-0.15, -0.1) is 5.10 Å². The minimum Gasteiger partial charge on any atom is -0.338 e. The van der Waals surface area contributed by atoms with Crippen molar-refractivity contribution in [1.82, 2.24) is 19.4 Å². The molecule has 0 spiro atoms. The van der Waals surface area contributed by atoms with Crippen LogP contribution in [0.1, 0.15) is 38.3 Å². The highest BCUT2D eigenvalue weighted by molar-refractivity contribution is 7.10. The highest BCUT2D eigenvalue weighted by Crippen LogP contribution is 2.32. The predicted octanol–water partition coefficient (Wildman–Crippen LogP) is 2.17. The predicted molar refractivity (Wildman–Crippen MR) is 78.8 cm³/mol. The molecule has 3 heterocycles. The van der Waals surface area contributed by atoms with Crippen molar-refractivity contribution in [3.63, 3.8) is 0 Å². The molecule has 0 unspecified atom stereocenters. The van der Waals surface area contributed by atoms with Crippen LogP contribution < -0.4 is 0 Å². The maximum Gasteiger partial charge on any atom is 0.219 e. The standard InChI is InChI=1S/C13H19ClN4OS/c1-9(19)18-7-3-5-12(18)11-4-2-6-17(11)8-10-13(14)20-16-15-10/h11-12H,2-8H2,1H3/t11-,12-/m1/s1. The number of carbonyl (C=O) groups excluding carboxylic acids is 1. The van der Waals surface area contributed by atoms with Crippen molar-refractivity contribution < 1.29 is 4.79 Å². The van der Waals surface area contributed by atoms with E-state index >= 15 is 0 Å². The largest absolute Gasteiger partial charge is 0.338 e. The summed E-state index contributed by atoms with van der Waals surface area (Å²) in [7, 11) is 0. The van der Waals surface area contributed by atoms with Crippen LogP contribution in [0.15, 0.2) is 0 Å². The van der Waals surface area contributed by atoms with Gasteiger partial charge in [-0.1, -0.05) is 16.1 Å². The first-order valence-corrected chi connectivity index (χ1v) is 8.30. The molecule has 2 atom stereocenters. The van der Waals surface area contributed by atoms with Gasteiger partial charge in [0.2, 0.25) is 5.91 Å². The van der Waals surface area contributed by atoms with Gasteiger partial charge in [-0.3, -0.25) is 9.69 Å². The Balaban J connectivity index is 1.72. The first kappa shape index (κ1) is 14.2. The van der Waals surface area contributed by atoms with Crippen LogP contribution in [0.2, 0.25) is 4.34 Å². The molecule has 1 aromatic heterocycles. The Kier molecular flexibility index (Phi) is 4.23. The van der Waals surface area contributed by atoms with Crippen molar-refractivity contribution in [2.24, 2.45) is 0 Å². The van der Waals surface area contributed by atoms with E-state index in [1.54, 1.807) is 6.92 Å². The molecule has 0 N–H and O–H groups in total. The smallest absolute Gasteiger partial charge is 0.219 e. The number of amides is 1. The van der Waals surface area contributed by atoms with Gasteiger partial charge in [0, 0.05) is 43.6 Å². The molecule has 0 bridgehead atoms. The van der Waals surface area contributed by atoms with Crippen LogP contribution in [0.4, 0.5) is 0 Å². The second kappa shape index (κ2) is 5.95. The maximum atomic E-state index is 11.8. The lowest BCUT2D eigenvalue weighted by molar-refractivity contribution is -0.130. The fourth-order valence-electron chi connectivity index (χ4n) is 3.55. The molecule has 110 valence electrons. The zero-order chi connectivity index (χ0) is 14.1. The summed E-state index contributed by atoms with van der Waals surface area (Å²) in [5, 5.41) is 4.11. The molecule has 0 aromatic carbocycles. The summed E-state index contributed by atoms with van der Waals surface area (Å²) in [5.41, 5.74) is 0.871. The van der Waals surface area contributed by atoms with Crippen molar-refractivity contribution in [3.05, 3.63) is 10.0 Å². The van der Waals surface area contributed by atoms with E-state index in [1.165, 1.54) is 18.0 Å². The summed E-state index contributed by atoms with van der Waals surface area (Å²) in [6, 6.07) is 0.805. The molecule has 1 aromatic rings. The highest BCUT2D eigenvalue weighted by Gasteiger charge is 2.38. The SMILES string of the molecule is CC(=O)N1CCC[C@@H]1[C@H]1CCCN1Cc1nnsc1Cl. The second-order valence-electron chi connectivity index (χ2n) is 5.60. The third-order valence-electron chi connectivity index (χ3n) is 4.42. The summed E-state index contributed by atoms with van der Waals surface area (Å²) in [6.07, 6.45) is 4.57. The molecule has 3 rings (SSSR count).